The molecule has 2 atom stereocenters. The molecule has 0 saturated heterocycles. The van der Waals surface area contributed by atoms with E-state index in [1.807, 2.05) is 18.8 Å². The Morgan fingerprint density at radius 2 is 2.18 bits per heavy atom. The number of thioether (sulfide) groups is 1. The first-order valence-electron chi connectivity index (χ1n) is 6.65. The van der Waals surface area contributed by atoms with Crippen LogP contribution < -0.4 is 10.6 Å². The largest absolute Gasteiger partial charge is 0.356 e. The third kappa shape index (κ3) is 5.66. The summed E-state index contributed by atoms with van der Waals surface area (Å²) in [7, 11) is 1.85. The topological polar surface area (TPSA) is 36.4 Å². The molecule has 2 N–H and O–H groups in total. The van der Waals surface area contributed by atoms with Gasteiger partial charge in [0, 0.05) is 24.9 Å². The Balaban J connectivity index is 2.23. The third-order valence-corrected chi connectivity index (χ3v) is 4.39. The Labute approximate surface area is 110 Å². The van der Waals surface area contributed by atoms with Crippen LogP contribution in [0.1, 0.15) is 39.5 Å². The van der Waals surface area contributed by atoms with Crippen molar-refractivity contribution in [2.45, 2.75) is 50.8 Å². The third-order valence-electron chi connectivity index (χ3n) is 3.30. The number of nitrogens with zero attached hydrogens (tertiary/aromatic N) is 1. The van der Waals surface area contributed by atoms with E-state index in [9.17, 15) is 0 Å². The van der Waals surface area contributed by atoms with Gasteiger partial charge in [-0.25, -0.2) is 0 Å². The molecule has 1 saturated carbocycles. The Bertz CT molecular complexity index is 241. The zero-order valence-electron chi connectivity index (χ0n) is 11.6. The molecule has 0 aliphatic heterocycles. The standard InChI is InChI=1S/C13H27N3S/c1-10(2)7-8-15-13(14-3)16-11-5-6-12(9-11)17-4/h10-12H,5-9H2,1-4H3,(H2,14,15,16). The highest BCUT2D eigenvalue weighted by molar-refractivity contribution is 7.99. The van der Waals surface area contributed by atoms with Crippen LogP contribution in [-0.2, 0) is 0 Å². The molecule has 0 aromatic carbocycles. The average Bonchev–Trinajstić information content (AvgIpc) is 2.75. The Hall–Kier alpha value is -0.380. The van der Waals surface area contributed by atoms with E-state index in [4.69, 9.17) is 0 Å². The molecule has 17 heavy (non-hydrogen) atoms. The maximum absolute atomic E-state index is 4.29. The molecule has 0 bridgehead atoms. The molecule has 0 spiro atoms. The predicted octanol–water partition coefficient (Wildman–Crippen LogP) is 2.48. The van der Waals surface area contributed by atoms with Crippen molar-refractivity contribution in [2.24, 2.45) is 10.9 Å². The molecule has 2 unspecified atom stereocenters. The van der Waals surface area contributed by atoms with Crippen LogP contribution in [-0.4, -0.2) is 37.1 Å². The van der Waals surface area contributed by atoms with Crippen molar-refractivity contribution in [3.8, 4) is 0 Å². The summed E-state index contributed by atoms with van der Waals surface area (Å²) in [6.07, 6.45) is 7.28. The quantitative estimate of drug-likeness (QED) is 0.587. The second-order valence-electron chi connectivity index (χ2n) is 5.19. The summed E-state index contributed by atoms with van der Waals surface area (Å²) >= 11 is 1.99. The molecular formula is C13H27N3S. The zero-order chi connectivity index (χ0) is 12.7. The van der Waals surface area contributed by atoms with Crippen molar-refractivity contribution in [3.05, 3.63) is 0 Å². The lowest BCUT2D eigenvalue weighted by atomic mass is 10.1. The Kier molecular flexibility index (Phi) is 6.78. The van der Waals surface area contributed by atoms with Gasteiger partial charge in [0.15, 0.2) is 5.96 Å². The van der Waals surface area contributed by atoms with Gasteiger partial charge in [0.2, 0.25) is 0 Å². The maximum Gasteiger partial charge on any atom is 0.191 e. The van der Waals surface area contributed by atoms with Crippen molar-refractivity contribution >= 4 is 17.7 Å². The lowest BCUT2D eigenvalue weighted by Crippen LogP contribution is -2.43. The van der Waals surface area contributed by atoms with Gasteiger partial charge >= 0.3 is 0 Å². The molecule has 1 aliphatic carbocycles. The van der Waals surface area contributed by atoms with Gasteiger partial charge in [-0.1, -0.05) is 13.8 Å². The smallest absolute Gasteiger partial charge is 0.191 e. The van der Waals surface area contributed by atoms with E-state index < -0.39 is 0 Å². The van der Waals surface area contributed by atoms with Crippen LogP contribution in [0.2, 0.25) is 0 Å². The minimum atomic E-state index is 0.609. The van der Waals surface area contributed by atoms with Crippen LogP contribution in [0.25, 0.3) is 0 Å². The lowest BCUT2D eigenvalue weighted by Gasteiger charge is -2.17. The molecular weight excluding hydrogens is 230 g/mol. The molecule has 3 nitrogen and oxygen atoms in total. The van der Waals surface area contributed by atoms with Crippen LogP contribution >= 0.6 is 11.8 Å². The van der Waals surface area contributed by atoms with Crippen LogP contribution in [0, 0.1) is 5.92 Å². The normalized spacial score (nSPS) is 25.4. The predicted molar refractivity (Wildman–Crippen MR) is 78.9 cm³/mol. The van der Waals surface area contributed by atoms with E-state index in [1.165, 1.54) is 25.7 Å². The van der Waals surface area contributed by atoms with Gasteiger partial charge < -0.3 is 10.6 Å². The first-order chi connectivity index (χ1) is 8.15. The van der Waals surface area contributed by atoms with E-state index in [2.05, 4.69) is 35.7 Å². The zero-order valence-corrected chi connectivity index (χ0v) is 12.4. The van der Waals surface area contributed by atoms with Crippen LogP contribution in [0.3, 0.4) is 0 Å². The molecule has 1 aliphatic rings. The second-order valence-corrected chi connectivity index (χ2v) is 6.33. The summed E-state index contributed by atoms with van der Waals surface area (Å²) < 4.78 is 0. The molecule has 100 valence electrons. The highest BCUT2D eigenvalue weighted by Crippen LogP contribution is 2.27. The number of hydrogen-bond donors (Lipinski definition) is 2. The Morgan fingerprint density at radius 1 is 1.41 bits per heavy atom. The first kappa shape index (κ1) is 14.7. The molecule has 0 radical (unpaired) electrons. The molecule has 1 rings (SSSR count). The average molecular weight is 257 g/mol. The fourth-order valence-corrected chi connectivity index (χ4v) is 2.95. The highest BCUT2D eigenvalue weighted by Gasteiger charge is 2.24. The van der Waals surface area contributed by atoms with E-state index in [0.717, 1.165) is 23.7 Å². The molecule has 0 heterocycles. The molecule has 4 heteroatoms. The highest BCUT2D eigenvalue weighted by atomic mass is 32.2. The summed E-state index contributed by atoms with van der Waals surface area (Å²) in [5.41, 5.74) is 0. The summed E-state index contributed by atoms with van der Waals surface area (Å²) in [5.74, 6) is 1.71. The summed E-state index contributed by atoms with van der Waals surface area (Å²) in [6.45, 7) is 5.51. The summed E-state index contributed by atoms with van der Waals surface area (Å²) in [4.78, 5) is 4.29. The molecule has 0 amide bonds. The van der Waals surface area contributed by atoms with Crippen LogP contribution in [0.15, 0.2) is 4.99 Å². The van der Waals surface area contributed by atoms with E-state index in [-0.39, 0.29) is 0 Å². The first-order valence-corrected chi connectivity index (χ1v) is 7.94. The van der Waals surface area contributed by atoms with E-state index in [1.54, 1.807) is 0 Å². The van der Waals surface area contributed by atoms with Crippen molar-refractivity contribution in [2.75, 3.05) is 19.8 Å². The summed E-state index contributed by atoms with van der Waals surface area (Å²) in [6, 6.07) is 0.609. The number of aliphatic imine (C=N–C) groups is 1. The van der Waals surface area contributed by atoms with Gasteiger partial charge in [-0.15, -0.1) is 0 Å². The monoisotopic (exact) mass is 257 g/mol. The molecule has 0 aromatic rings. The molecule has 0 aromatic heterocycles. The van der Waals surface area contributed by atoms with E-state index >= 15 is 0 Å². The second kappa shape index (κ2) is 7.85. The minimum Gasteiger partial charge on any atom is -0.356 e. The van der Waals surface area contributed by atoms with Crippen LogP contribution in [0.4, 0.5) is 0 Å². The van der Waals surface area contributed by atoms with Gasteiger partial charge in [-0.2, -0.15) is 11.8 Å². The van der Waals surface area contributed by atoms with Crippen molar-refractivity contribution in [3.63, 3.8) is 0 Å². The van der Waals surface area contributed by atoms with Gasteiger partial charge in [-0.3, -0.25) is 4.99 Å². The maximum atomic E-state index is 4.29. The number of guanidine groups is 1. The summed E-state index contributed by atoms with van der Waals surface area (Å²) in [5, 5.41) is 7.76. The van der Waals surface area contributed by atoms with Crippen LogP contribution in [0.5, 0.6) is 0 Å². The number of rotatable bonds is 5. The van der Waals surface area contributed by atoms with Gasteiger partial charge in [-0.05, 0) is 37.9 Å². The lowest BCUT2D eigenvalue weighted by molar-refractivity contribution is 0.563. The molecule has 1 fully saturated rings. The van der Waals surface area contributed by atoms with Gasteiger partial charge in [0.05, 0.1) is 0 Å². The minimum absolute atomic E-state index is 0.609. The van der Waals surface area contributed by atoms with E-state index in [0.29, 0.717) is 6.04 Å². The number of hydrogen-bond acceptors (Lipinski definition) is 2. The van der Waals surface area contributed by atoms with Crippen molar-refractivity contribution < 1.29 is 0 Å². The SMILES string of the molecule is CN=C(NCCC(C)C)NC1CCC(SC)C1. The van der Waals surface area contributed by atoms with Crippen molar-refractivity contribution in [1.29, 1.82) is 0 Å². The van der Waals surface area contributed by atoms with Gasteiger partial charge in [0.1, 0.15) is 0 Å². The van der Waals surface area contributed by atoms with Crippen molar-refractivity contribution in [1.82, 2.24) is 10.6 Å². The van der Waals surface area contributed by atoms with Gasteiger partial charge in [0.25, 0.3) is 0 Å². The fourth-order valence-electron chi connectivity index (χ4n) is 2.15. The Morgan fingerprint density at radius 3 is 2.71 bits per heavy atom. The fraction of sp³-hybridized carbons (Fsp3) is 0.923. The number of nitrogens with one attached hydrogen (secondary N) is 2.